The number of amidine groups is 1. The fourth-order valence-electron chi connectivity index (χ4n) is 1.33. The van der Waals surface area contributed by atoms with Crippen LogP contribution >= 0.6 is 0 Å². The zero-order chi connectivity index (χ0) is 12.0. The smallest absolute Gasteiger partial charge is 0.143 e. The quantitative estimate of drug-likeness (QED) is 0.208. The van der Waals surface area contributed by atoms with Crippen molar-refractivity contribution in [1.29, 1.82) is 0 Å². The van der Waals surface area contributed by atoms with Gasteiger partial charge in [-0.25, -0.2) is 0 Å². The summed E-state index contributed by atoms with van der Waals surface area (Å²) in [6.45, 7) is 3.44. The van der Waals surface area contributed by atoms with Crippen LogP contribution in [0, 0.1) is 5.92 Å². The van der Waals surface area contributed by atoms with E-state index < -0.39 is 0 Å². The summed E-state index contributed by atoms with van der Waals surface area (Å²) in [6, 6.07) is 1.99. The van der Waals surface area contributed by atoms with Gasteiger partial charge in [-0.2, -0.15) is 5.10 Å². The summed E-state index contributed by atoms with van der Waals surface area (Å²) in [5, 5.41) is 18.9. The van der Waals surface area contributed by atoms with Crippen molar-refractivity contribution in [2.75, 3.05) is 13.1 Å². The zero-order valence-electron chi connectivity index (χ0n) is 9.72. The molecular weight excluding hydrogens is 206 g/mol. The fourth-order valence-corrected chi connectivity index (χ4v) is 1.33. The number of hydrogen-bond donors (Lipinski definition) is 3. The maximum absolute atomic E-state index is 8.46. The molecule has 0 amide bonds. The van der Waals surface area contributed by atoms with E-state index in [-0.39, 0.29) is 11.8 Å². The van der Waals surface area contributed by atoms with Crippen molar-refractivity contribution in [3.63, 3.8) is 0 Å². The van der Waals surface area contributed by atoms with Gasteiger partial charge >= 0.3 is 0 Å². The molecule has 0 aliphatic rings. The third-order valence-corrected chi connectivity index (χ3v) is 2.40. The van der Waals surface area contributed by atoms with Gasteiger partial charge in [0, 0.05) is 38.7 Å². The van der Waals surface area contributed by atoms with E-state index in [0.29, 0.717) is 6.54 Å². The first-order valence-electron chi connectivity index (χ1n) is 5.30. The lowest BCUT2D eigenvalue weighted by molar-refractivity contribution is 0.314. The Bertz CT molecular complexity index is 347. The van der Waals surface area contributed by atoms with Crippen LogP contribution in [0.15, 0.2) is 17.4 Å². The van der Waals surface area contributed by atoms with Gasteiger partial charge in [-0.3, -0.25) is 4.68 Å². The van der Waals surface area contributed by atoms with Gasteiger partial charge in [0.1, 0.15) is 5.84 Å². The van der Waals surface area contributed by atoms with Gasteiger partial charge in [0.25, 0.3) is 0 Å². The summed E-state index contributed by atoms with van der Waals surface area (Å²) in [5.41, 5.74) is 6.52. The molecule has 0 aromatic carbocycles. The first kappa shape index (κ1) is 12.5. The highest BCUT2D eigenvalue weighted by Crippen LogP contribution is 1.95. The Morgan fingerprint density at radius 1 is 1.75 bits per heavy atom. The van der Waals surface area contributed by atoms with Crippen LogP contribution in [0.25, 0.3) is 0 Å². The van der Waals surface area contributed by atoms with Crippen LogP contribution in [0.2, 0.25) is 0 Å². The maximum atomic E-state index is 8.46. The molecule has 4 N–H and O–H groups in total. The van der Waals surface area contributed by atoms with Crippen molar-refractivity contribution in [2.45, 2.75) is 13.3 Å². The van der Waals surface area contributed by atoms with Crippen molar-refractivity contribution in [3.8, 4) is 0 Å². The minimum atomic E-state index is 0.0359. The Kier molecular flexibility index (Phi) is 4.78. The number of rotatable bonds is 6. The summed E-state index contributed by atoms with van der Waals surface area (Å²) in [5.74, 6) is 0.291. The van der Waals surface area contributed by atoms with Gasteiger partial charge < -0.3 is 16.3 Å². The van der Waals surface area contributed by atoms with Crippen molar-refractivity contribution < 1.29 is 5.21 Å². The van der Waals surface area contributed by atoms with E-state index in [1.807, 2.05) is 26.2 Å². The monoisotopic (exact) mass is 225 g/mol. The lowest BCUT2D eigenvalue weighted by Gasteiger charge is -2.10. The van der Waals surface area contributed by atoms with Crippen molar-refractivity contribution >= 4 is 5.84 Å². The van der Waals surface area contributed by atoms with Crippen LogP contribution in [-0.4, -0.2) is 33.9 Å². The predicted molar refractivity (Wildman–Crippen MR) is 62.4 cm³/mol. The van der Waals surface area contributed by atoms with E-state index in [1.165, 1.54) is 0 Å². The van der Waals surface area contributed by atoms with Gasteiger partial charge in [0.2, 0.25) is 0 Å². The molecule has 1 atom stereocenters. The fraction of sp³-hybridized carbons (Fsp3) is 0.600. The predicted octanol–water partition coefficient (Wildman–Crippen LogP) is -0.0653. The third-order valence-electron chi connectivity index (χ3n) is 2.40. The van der Waals surface area contributed by atoms with E-state index in [0.717, 1.165) is 18.7 Å². The van der Waals surface area contributed by atoms with Crippen LogP contribution in [0.3, 0.4) is 0 Å². The average Bonchev–Trinajstić information content (AvgIpc) is 2.69. The Morgan fingerprint density at radius 3 is 3.06 bits per heavy atom. The molecule has 0 aliphatic heterocycles. The minimum Gasteiger partial charge on any atom is -0.409 e. The van der Waals surface area contributed by atoms with Crippen LogP contribution in [0.5, 0.6) is 0 Å². The molecule has 1 unspecified atom stereocenters. The molecule has 0 saturated heterocycles. The Morgan fingerprint density at radius 2 is 2.50 bits per heavy atom. The minimum absolute atomic E-state index is 0.0359. The third kappa shape index (κ3) is 3.90. The second kappa shape index (κ2) is 6.12. The molecular formula is C10H19N5O. The SMILES string of the molecule is CC(CNCCc1ccn(C)n1)/C(N)=N/O. The Hall–Kier alpha value is -1.56. The summed E-state index contributed by atoms with van der Waals surface area (Å²) in [6.07, 6.45) is 2.80. The van der Waals surface area contributed by atoms with Gasteiger partial charge in [-0.15, -0.1) is 0 Å². The molecule has 0 aliphatic carbocycles. The lowest BCUT2D eigenvalue weighted by Crippen LogP contribution is -2.32. The summed E-state index contributed by atoms with van der Waals surface area (Å²) >= 11 is 0. The van der Waals surface area contributed by atoms with E-state index >= 15 is 0 Å². The molecule has 0 saturated carbocycles. The molecule has 1 aromatic heterocycles. The zero-order valence-corrected chi connectivity index (χ0v) is 9.72. The molecule has 6 heteroatoms. The highest BCUT2D eigenvalue weighted by molar-refractivity contribution is 5.82. The average molecular weight is 225 g/mol. The molecule has 0 spiro atoms. The number of nitrogens with one attached hydrogen (secondary N) is 1. The van der Waals surface area contributed by atoms with E-state index in [4.69, 9.17) is 10.9 Å². The van der Waals surface area contributed by atoms with Gasteiger partial charge in [0.05, 0.1) is 5.69 Å². The number of nitrogens with two attached hydrogens (primary N) is 1. The largest absolute Gasteiger partial charge is 0.409 e. The number of hydrogen-bond acceptors (Lipinski definition) is 4. The highest BCUT2D eigenvalue weighted by atomic mass is 16.4. The van der Waals surface area contributed by atoms with E-state index in [2.05, 4.69) is 15.6 Å². The Balaban J connectivity index is 2.17. The molecule has 1 rings (SSSR count). The number of aryl methyl sites for hydroxylation is 1. The summed E-state index contributed by atoms with van der Waals surface area (Å²) < 4.78 is 1.79. The molecule has 0 radical (unpaired) electrons. The van der Waals surface area contributed by atoms with E-state index in [1.54, 1.807) is 4.68 Å². The van der Waals surface area contributed by atoms with Crippen LogP contribution in [-0.2, 0) is 13.5 Å². The second-order valence-corrected chi connectivity index (χ2v) is 3.86. The lowest BCUT2D eigenvalue weighted by atomic mass is 10.1. The topological polar surface area (TPSA) is 88.5 Å². The number of aromatic nitrogens is 2. The molecule has 90 valence electrons. The summed E-state index contributed by atoms with van der Waals surface area (Å²) in [4.78, 5) is 0. The standard InChI is InChI=1S/C10H19N5O/c1-8(10(11)14-16)7-12-5-3-9-4-6-15(2)13-9/h4,6,8,12,16H,3,5,7H2,1-2H3,(H2,11,14). The molecule has 0 fully saturated rings. The van der Waals surface area contributed by atoms with Crippen LogP contribution in [0.1, 0.15) is 12.6 Å². The van der Waals surface area contributed by atoms with Crippen molar-refractivity contribution in [2.24, 2.45) is 23.9 Å². The van der Waals surface area contributed by atoms with Gasteiger partial charge in [-0.1, -0.05) is 12.1 Å². The number of nitrogens with zero attached hydrogens (tertiary/aromatic N) is 3. The molecule has 0 bridgehead atoms. The molecule has 1 heterocycles. The molecule has 1 aromatic rings. The summed E-state index contributed by atoms with van der Waals surface area (Å²) in [7, 11) is 1.90. The van der Waals surface area contributed by atoms with Gasteiger partial charge in [0.15, 0.2) is 0 Å². The first-order valence-corrected chi connectivity index (χ1v) is 5.30. The van der Waals surface area contributed by atoms with Crippen LogP contribution in [0.4, 0.5) is 0 Å². The maximum Gasteiger partial charge on any atom is 0.143 e. The van der Waals surface area contributed by atoms with Crippen molar-refractivity contribution in [1.82, 2.24) is 15.1 Å². The van der Waals surface area contributed by atoms with Gasteiger partial charge in [-0.05, 0) is 6.07 Å². The second-order valence-electron chi connectivity index (χ2n) is 3.86. The molecule has 16 heavy (non-hydrogen) atoms. The molecule has 6 nitrogen and oxygen atoms in total. The number of oxime groups is 1. The van der Waals surface area contributed by atoms with Crippen molar-refractivity contribution in [3.05, 3.63) is 18.0 Å². The Labute approximate surface area is 95.1 Å². The first-order chi connectivity index (χ1) is 7.63. The van der Waals surface area contributed by atoms with Crippen LogP contribution < -0.4 is 11.1 Å². The highest BCUT2D eigenvalue weighted by Gasteiger charge is 2.06. The van der Waals surface area contributed by atoms with E-state index in [9.17, 15) is 0 Å². The normalized spacial score (nSPS) is 14.0.